The van der Waals surface area contributed by atoms with Crippen LogP contribution in [0.3, 0.4) is 0 Å². The SMILES string of the molecule is C#CC#CC#CC#CC#CC#CC(=O)OC[C@@H](COP(=O)([O-])[O-])OC(=O)CCCCCCCCCCCCCCC.[Na+].[Na+]. The van der Waals surface area contributed by atoms with Gasteiger partial charge in [-0.2, -0.15) is 0 Å². The van der Waals surface area contributed by atoms with Crippen molar-refractivity contribution < 1.29 is 97.1 Å². The van der Waals surface area contributed by atoms with Crippen molar-refractivity contribution in [3.63, 3.8) is 0 Å². The summed E-state index contributed by atoms with van der Waals surface area (Å²) in [6.07, 6.45) is 18.8. The molecule has 0 spiro atoms. The number of hydrogen-bond acceptors (Lipinski definition) is 8. The number of esters is 2. The van der Waals surface area contributed by atoms with E-state index in [9.17, 15) is 23.9 Å². The Morgan fingerprint density at radius 3 is 1.60 bits per heavy atom. The molecule has 0 fully saturated rings. The smallest absolute Gasteiger partial charge is 0.790 e. The maximum atomic E-state index is 12.2. The quantitative estimate of drug-likeness (QED) is 0.0361. The predicted molar refractivity (Wildman–Crippen MR) is 152 cm³/mol. The predicted octanol–water partition coefficient (Wildman–Crippen LogP) is -2.57. The molecule has 0 N–H and O–H groups in total. The van der Waals surface area contributed by atoms with Crippen LogP contribution in [0.15, 0.2) is 0 Å². The van der Waals surface area contributed by atoms with Crippen LogP contribution in [-0.2, 0) is 28.2 Å². The summed E-state index contributed by atoms with van der Waals surface area (Å²) >= 11 is 0. The molecular weight excluding hydrogens is 589 g/mol. The first-order chi connectivity index (χ1) is 19.8. The van der Waals surface area contributed by atoms with E-state index < -0.39 is 39.1 Å². The van der Waals surface area contributed by atoms with E-state index in [0.29, 0.717) is 6.42 Å². The van der Waals surface area contributed by atoms with Gasteiger partial charge >= 0.3 is 71.1 Å². The molecule has 220 valence electrons. The Morgan fingerprint density at radius 1 is 0.698 bits per heavy atom. The number of phosphoric ester groups is 1. The van der Waals surface area contributed by atoms with Crippen molar-refractivity contribution >= 4 is 19.8 Å². The monoisotopic (exact) mass is 626 g/mol. The van der Waals surface area contributed by atoms with Crippen LogP contribution in [0, 0.1) is 71.5 Å². The standard InChI is InChI=1S/C32H39O8P.2Na/c1-3-5-7-9-11-13-15-16-17-19-21-23-25-27-32(34)40-30(29-39-41(35,36)37)28-38-31(33)26-24-22-20-18-14-12-10-8-6-4-2;;/h2,30H,3,5,7,9,11,13,15-17,19,21,23,25,27-29H2,1H3,(H2,35,36,37);;/q;2*+1/p-2/t30-;;/m0../s1. The average molecular weight is 627 g/mol. The van der Waals surface area contributed by atoms with Gasteiger partial charge in [0.1, 0.15) is 6.61 Å². The Bertz CT molecular complexity index is 1190. The number of unbranched alkanes of at least 4 members (excludes halogenated alkanes) is 12. The third kappa shape index (κ3) is 36.5. The van der Waals surface area contributed by atoms with E-state index in [0.717, 1.165) is 19.3 Å². The van der Waals surface area contributed by atoms with Gasteiger partial charge in [0.25, 0.3) is 0 Å². The molecule has 11 heteroatoms. The number of terminal acetylenes is 1. The Kier molecular flexibility index (Phi) is 35.5. The summed E-state index contributed by atoms with van der Waals surface area (Å²) in [6.45, 7) is 0.882. The summed E-state index contributed by atoms with van der Waals surface area (Å²) in [5.41, 5.74) is 0. The fourth-order valence-electron chi connectivity index (χ4n) is 3.36. The van der Waals surface area contributed by atoms with Crippen molar-refractivity contribution in [3.8, 4) is 71.5 Å². The van der Waals surface area contributed by atoms with Crippen molar-refractivity contribution in [1.29, 1.82) is 0 Å². The van der Waals surface area contributed by atoms with E-state index in [2.05, 4.69) is 76.6 Å². The Balaban J connectivity index is -0.00000800. The molecule has 0 unspecified atom stereocenters. The first-order valence-corrected chi connectivity index (χ1v) is 15.2. The molecule has 0 aromatic carbocycles. The topological polar surface area (TPSA) is 125 Å². The minimum Gasteiger partial charge on any atom is -0.790 e. The minimum atomic E-state index is -5.32. The Labute approximate surface area is 302 Å². The zero-order valence-electron chi connectivity index (χ0n) is 25.7. The minimum absolute atomic E-state index is 0. The van der Waals surface area contributed by atoms with Crippen LogP contribution in [0.1, 0.15) is 96.8 Å². The van der Waals surface area contributed by atoms with Crippen molar-refractivity contribution in [2.24, 2.45) is 0 Å². The van der Waals surface area contributed by atoms with Crippen molar-refractivity contribution in [2.45, 2.75) is 103 Å². The van der Waals surface area contributed by atoms with E-state index in [1.165, 1.54) is 57.8 Å². The number of phosphoric acid groups is 1. The zero-order chi connectivity index (χ0) is 30.4. The van der Waals surface area contributed by atoms with Crippen LogP contribution in [0.2, 0.25) is 0 Å². The van der Waals surface area contributed by atoms with Gasteiger partial charge < -0.3 is 28.3 Å². The molecule has 0 saturated carbocycles. The summed E-state index contributed by atoms with van der Waals surface area (Å²) in [4.78, 5) is 45.6. The van der Waals surface area contributed by atoms with Gasteiger partial charge in [0.2, 0.25) is 0 Å². The van der Waals surface area contributed by atoms with Gasteiger partial charge in [-0.1, -0.05) is 84.0 Å². The third-order valence-corrected chi connectivity index (χ3v) is 5.80. The molecule has 0 aromatic rings. The fraction of sp³-hybridized carbons (Fsp3) is 0.562. The molecule has 0 amide bonds. The van der Waals surface area contributed by atoms with E-state index in [-0.39, 0.29) is 65.5 Å². The largest absolute Gasteiger partial charge is 1.00 e. The summed E-state index contributed by atoms with van der Waals surface area (Å²) in [5.74, 6) is 23.5. The molecule has 0 aliphatic carbocycles. The molecule has 0 aliphatic rings. The van der Waals surface area contributed by atoms with Crippen LogP contribution in [-0.4, -0.2) is 31.3 Å². The van der Waals surface area contributed by atoms with Gasteiger partial charge in [0, 0.05) is 12.3 Å². The van der Waals surface area contributed by atoms with Crippen LogP contribution >= 0.6 is 7.82 Å². The normalized spacial score (nSPS) is 9.72. The maximum Gasteiger partial charge on any atom is 1.00 e. The summed E-state index contributed by atoms with van der Waals surface area (Å²) in [5, 5.41) is 0. The molecule has 8 nitrogen and oxygen atoms in total. The van der Waals surface area contributed by atoms with Gasteiger partial charge in [-0.25, -0.2) is 4.79 Å². The second-order valence-corrected chi connectivity index (χ2v) is 9.99. The number of carbonyl (C=O) groups is 2. The van der Waals surface area contributed by atoms with Crippen LogP contribution in [0.4, 0.5) is 0 Å². The Morgan fingerprint density at radius 2 is 1.14 bits per heavy atom. The number of carbonyl (C=O) groups excluding carboxylic acids is 2. The molecule has 0 heterocycles. The molecule has 0 radical (unpaired) electrons. The van der Waals surface area contributed by atoms with Crippen LogP contribution in [0.5, 0.6) is 0 Å². The summed E-state index contributed by atoms with van der Waals surface area (Å²) in [7, 11) is -5.32. The van der Waals surface area contributed by atoms with E-state index in [1.807, 2.05) is 0 Å². The fourth-order valence-corrected chi connectivity index (χ4v) is 3.71. The molecule has 1 atom stereocenters. The molecule has 0 aliphatic heterocycles. The van der Waals surface area contributed by atoms with Gasteiger partial charge in [0.05, 0.1) is 14.4 Å². The van der Waals surface area contributed by atoms with Gasteiger partial charge in [-0.3, -0.25) is 4.79 Å². The van der Waals surface area contributed by atoms with Gasteiger partial charge in [-0.05, 0) is 65.6 Å². The molecule has 0 bridgehead atoms. The number of ether oxygens (including phenoxy) is 2. The molecule has 0 aromatic heterocycles. The van der Waals surface area contributed by atoms with Crippen molar-refractivity contribution in [1.82, 2.24) is 0 Å². The summed E-state index contributed by atoms with van der Waals surface area (Å²) in [6, 6.07) is 0. The van der Waals surface area contributed by atoms with E-state index in [1.54, 1.807) is 0 Å². The van der Waals surface area contributed by atoms with Gasteiger partial charge in [-0.15, -0.1) is 6.42 Å². The van der Waals surface area contributed by atoms with E-state index in [4.69, 9.17) is 15.9 Å². The number of rotatable bonds is 20. The molecule has 0 rings (SSSR count). The van der Waals surface area contributed by atoms with Crippen molar-refractivity contribution in [2.75, 3.05) is 13.2 Å². The third-order valence-electron chi connectivity index (χ3n) is 5.34. The molecule has 0 saturated heterocycles. The second-order valence-electron chi connectivity index (χ2n) is 8.84. The molecular formula is C32H37Na2O8P. The first-order valence-electron chi connectivity index (χ1n) is 13.8. The second kappa shape index (κ2) is 33.3. The average Bonchev–Trinajstić information content (AvgIpc) is 2.93. The zero-order valence-corrected chi connectivity index (χ0v) is 30.6. The maximum absolute atomic E-state index is 12.2. The van der Waals surface area contributed by atoms with Crippen LogP contribution in [0.25, 0.3) is 0 Å². The molecule has 43 heavy (non-hydrogen) atoms. The Hall–Kier alpha value is -1.59. The summed E-state index contributed by atoms with van der Waals surface area (Å²) < 4.78 is 25.0. The number of hydrogen-bond donors (Lipinski definition) is 0. The first kappa shape index (κ1) is 45.8. The van der Waals surface area contributed by atoms with Gasteiger partial charge in [0.15, 0.2) is 6.10 Å². The van der Waals surface area contributed by atoms with E-state index >= 15 is 0 Å². The van der Waals surface area contributed by atoms with Crippen molar-refractivity contribution in [3.05, 3.63) is 0 Å². The van der Waals surface area contributed by atoms with Crippen LogP contribution < -0.4 is 68.9 Å².